The van der Waals surface area contributed by atoms with Crippen molar-refractivity contribution in [3.8, 4) is 0 Å². The van der Waals surface area contributed by atoms with Gasteiger partial charge in [0.25, 0.3) is 11.8 Å². The van der Waals surface area contributed by atoms with Gasteiger partial charge in [-0.05, 0) is 43.2 Å². The van der Waals surface area contributed by atoms with Crippen molar-refractivity contribution >= 4 is 23.4 Å². The van der Waals surface area contributed by atoms with E-state index in [1.807, 2.05) is 0 Å². The molecule has 3 amide bonds. The second kappa shape index (κ2) is 8.60. The molecule has 0 unspecified atom stereocenters. The topological polar surface area (TPSA) is 82.6 Å². The third-order valence-corrected chi connectivity index (χ3v) is 5.59. The lowest BCUT2D eigenvalue weighted by atomic mass is 10.1. The Morgan fingerprint density at radius 1 is 1.12 bits per heavy atom. The van der Waals surface area contributed by atoms with E-state index in [1.54, 1.807) is 23.1 Å². The molecule has 2 saturated heterocycles. The number of carbonyl (C=O) groups excluding carboxylic acids is 3. The predicted molar refractivity (Wildman–Crippen MR) is 109 cm³/mol. The van der Waals surface area contributed by atoms with Crippen LogP contribution in [0.3, 0.4) is 0 Å². The van der Waals surface area contributed by atoms with Crippen molar-refractivity contribution in [3.63, 3.8) is 0 Å². The standard InChI is InChI=1S/C22H21F3N4O3/c23-22(24,25)15-10-14(11-17(12-15)29-8-3-5-19(29)30)20(31)27-16-6-9-28(13-16)21(32)18-4-1-2-7-26-18/h1-2,4,7,10-12,16H,3,5-6,8-9,13H2,(H,27,31)/t16-/m0/s1. The first-order valence-electron chi connectivity index (χ1n) is 10.3. The normalized spacial score (nSPS) is 18.8. The van der Waals surface area contributed by atoms with Crippen LogP contribution < -0.4 is 10.2 Å². The van der Waals surface area contributed by atoms with Gasteiger partial charge in [-0.1, -0.05) is 6.07 Å². The number of hydrogen-bond donors (Lipinski definition) is 1. The minimum Gasteiger partial charge on any atom is -0.347 e. The number of benzene rings is 1. The Morgan fingerprint density at radius 3 is 2.59 bits per heavy atom. The highest BCUT2D eigenvalue weighted by molar-refractivity contribution is 5.99. The van der Waals surface area contributed by atoms with Gasteiger partial charge in [0.15, 0.2) is 0 Å². The van der Waals surface area contributed by atoms with Crippen molar-refractivity contribution in [2.75, 3.05) is 24.5 Å². The molecule has 2 aliphatic rings. The summed E-state index contributed by atoms with van der Waals surface area (Å²) in [6.07, 6.45) is -1.86. The summed E-state index contributed by atoms with van der Waals surface area (Å²) in [6.45, 7) is 0.947. The molecule has 2 aromatic rings. The smallest absolute Gasteiger partial charge is 0.347 e. The van der Waals surface area contributed by atoms with Gasteiger partial charge in [0.2, 0.25) is 5.91 Å². The molecule has 2 aliphatic heterocycles. The van der Waals surface area contributed by atoms with Gasteiger partial charge in [0.05, 0.1) is 5.56 Å². The minimum atomic E-state index is -4.66. The average Bonchev–Trinajstić information content (AvgIpc) is 3.42. The van der Waals surface area contributed by atoms with E-state index in [9.17, 15) is 27.6 Å². The third kappa shape index (κ3) is 4.58. The van der Waals surface area contributed by atoms with Crippen LogP contribution >= 0.6 is 0 Å². The van der Waals surface area contributed by atoms with Crippen LogP contribution in [-0.2, 0) is 11.0 Å². The molecule has 0 radical (unpaired) electrons. The number of rotatable bonds is 4. The van der Waals surface area contributed by atoms with Gasteiger partial charge in [-0.15, -0.1) is 0 Å². The first kappa shape index (κ1) is 21.8. The summed E-state index contributed by atoms with van der Waals surface area (Å²) in [5, 5.41) is 2.72. The van der Waals surface area contributed by atoms with E-state index in [4.69, 9.17) is 0 Å². The second-order valence-corrected chi connectivity index (χ2v) is 7.84. The Morgan fingerprint density at radius 2 is 1.94 bits per heavy atom. The molecular weight excluding hydrogens is 425 g/mol. The van der Waals surface area contributed by atoms with Crippen LogP contribution in [0, 0.1) is 0 Å². The summed E-state index contributed by atoms with van der Waals surface area (Å²) >= 11 is 0. The number of alkyl halides is 3. The molecule has 1 aromatic heterocycles. The molecule has 0 saturated carbocycles. The van der Waals surface area contributed by atoms with Gasteiger partial charge in [0, 0.05) is 49.5 Å². The molecular formula is C22H21F3N4O3. The number of pyridine rings is 1. The molecule has 0 bridgehead atoms. The lowest BCUT2D eigenvalue weighted by molar-refractivity contribution is -0.137. The highest BCUT2D eigenvalue weighted by atomic mass is 19.4. The number of aromatic nitrogens is 1. The van der Waals surface area contributed by atoms with E-state index in [-0.39, 0.29) is 41.7 Å². The van der Waals surface area contributed by atoms with Gasteiger partial charge in [-0.2, -0.15) is 13.2 Å². The van der Waals surface area contributed by atoms with Gasteiger partial charge in [-0.25, -0.2) is 0 Å². The number of carbonyl (C=O) groups is 3. The van der Waals surface area contributed by atoms with Crippen LogP contribution in [0.5, 0.6) is 0 Å². The lowest BCUT2D eigenvalue weighted by Gasteiger charge is -2.20. The minimum absolute atomic E-state index is 0.0610. The molecule has 1 N–H and O–H groups in total. The van der Waals surface area contributed by atoms with Crippen molar-refractivity contribution in [2.45, 2.75) is 31.5 Å². The molecule has 7 nitrogen and oxygen atoms in total. The Balaban J connectivity index is 1.49. The fourth-order valence-electron chi connectivity index (χ4n) is 3.97. The van der Waals surface area contributed by atoms with Crippen LogP contribution in [0.4, 0.5) is 18.9 Å². The van der Waals surface area contributed by atoms with E-state index in [0.29, 0.717) is 25.9 Å². The Hall–Kier alpha value is -3.43. The number of halogens is 3. The zero-order valence-electron chi connectivity index (χ0n) is 17.1. The first-order valence-corrected chi connectivity index (χ1v) is 10.3. The summed E-state index contributed by atoms with van der Waals surface area (Å²) in [7, 11) is 0. The zero-order chi connectivity index (χ0) is 22.9. The van der Waals surface area contributed by atoms with Gasteiger partial charge < -0.3 is 15.1 Å². The van der Waals surface area contributed by atoms with Crippen molar-refractivity contribution in [3.05, 3.63) is 59.4 Å². The second-order valence-electron chi connectivity index (χ2n) is 7.84. The van der Waals surface area contributed by atoms with Crippen LogP contribution in [0.25, 0.3) is 0 Å². The quantitative estimate of drug-likeness (QED) is 0.783. The summed E-state index contributed by atoms with van der Waals surface area (Å²) < 4.78 is 40.2. The first-order chi connectivity index (χ1) is 15.2. The molecule has 0 spiro atoms. The van der Waals surface area contributed by atoms with Crippen molar-refractivity contribution in [1.29, 1.82) is 0 Å². The third-order valence-electron chi connectivity index (χ3n) is 5.59. The van der Waals surface area contributed by atoms with Gasteiger partial charge >= 0.3 is 6.18 Å². The van der Waals surface area contributed by atoms with Gasteiger partial charge in [-0.3, -0.25) is 19.4 Å². The fraction of sp³-hybridized carbons (Fsp3) is 0.364. The number of anilines is 1. The molecule has 0 aliphatic carbocycles. The molecule has 3 heterocycles. The summed E-state index contributed by atoms with van der Waals surface area (Å²) in [6, 6.07) is 7.57. The molecule has 1 aromatic carbocycles. The van der Waals surface area contributed by atoms with Crippen LogP contribution in [0.2, 0.25) is 0 Å². The average molecular weight is 446 g/mol. The molecule has 10 heteroatoms. The highest BCUT2D eigenvalue weighted by Gasteiger charge is 2.34. The number of likely N-dealkylation sites (tertiary alicyclic amines) is 1. The number of hydrogen-bond acceptors (Lipinski definition) is 4. The molecule has 32 heavy (non-hydrogen) atoms. The maximum absolute atomic E-state index is 13.4. The Labute approximate surface area is 182 Å². The monoisotopic (exact) mass is 446 g/mol. The van der Waals surface area contributed by atoms with Crippen molar-refractivity contribution < 1.29 is 27.6 Å². The Kier molecular flexibility index (Phi) is 5.86. The van der Waals surface area contributed by atoms with E-state index < -0.39 is 23.7 Å². The Bertz CT molecular complexity index is 1040. The van der Waals surface area contributed by atoms with Gasteiger partial charge in [0.1, 0.15) is 5.69 Å². The predicted octanol–water partition coefficient (Wildman–Crippen LogP) is 2.87. The summed E-state index contributed by atoms with van der Waals surface area (Å²) in [4.78, 5) is 44.2. The molecule has 2 fully saturated rings. The summed E-state index contributed by atoms with van der Waals surface area (Å²) in [5.41, 5.74) is -0.814. The number of nitrogens with one attached hydrogen (secondary N) is 1. The summed E-state index contributed by atoms with van der Waals surface area (Å²) in [5.74, 6) is -1.22. The van der Waals surface area contributed by atoms with Crippen LogP contribution in [-0.4, -0.2) is 53.3 Å². The maximum atomic E-state index is 13.4. The van der Waals surface area contributed by atoms with E-state index in [1.165, 1.54) is 17.2 Å². The number of nitrogens with zero attached hydrogens (tertiary/aromatic N) is 3. The molecule has 168 valence electrons. The van der Waals surface area contributed by atoms with Crippen LogP contribution in [0.1, 0.15) is 45.7 Å². The van der Waals surface area contributed by atoms with E-state index in [2.05, 4.69) is 10.3 Å². The molecule has 4 rings (SSSR count). The maximum Gasteiger partial charge on any atom is 0.416 e. The van der Waals surface area contributed by atoms with Crippen molar-refractivity contribution in [2.24, 2.45) is 0 Å². The lowest BCUT2D eigenvalue weighted by Crippen LogP contribution is -2.38. The van der Waals surface area contributed by atoms with Crippen LogP contribution in [0.15, 0.2) is 42.6 Å². The fourth-order valence-corrected chi connectivity index (χ4v) is 3.97. The van der Waals surface area contributed by atoms with Crippen molar-refractivity contribution in [1.82, 2.24) is 15.2 Å². The largest absolute Gasteiger partial charge is 0.416 e. The SMILES string of the molecule is O=C(N[C@H]1CCN(C(=O)c2ccccn2)C1)c1cc(N2CCCC2=O)cc(C(F)(F)F)c1. The van der Waals surface area contributed by atoms with E-state index in [0.717, 1.165) is 12.1 Å². The highest BCUT2D eigenvalue weighted by Crippen LogP contribution is 2.34. The molecule has 1 atom stereocenters. The number of amides is 3. The zero-order valence-corrected chi connectivity index (χ0v) is 17.1. The van der Waals surface area contributed by atoms with E-state index >= 15 is 0 Å².